The average Bonchev–Trinajstić information content (AvgIpc) is 2.35. The highest BCUT2D eigenvalue weighted by atomic mass is 16.3. The molecule has 2 aromatic carbocycles. The maximum atomic E-state index is 12.4. The van der Waals surface area contributed by atoms with Crippen LogP contribution in [0.25, 0.3) is 10.8 Å². The summed E-state index contributed by atoms with van der Waals surface area (Å²) < 4.78 is 0. The number of hydrogen-bond donors (Lipinski definition) is 1. The van der Waals surface area contributed by atoms with E-state index in [4.69, 9.17) is 0 Å². The molecule has 0 aromatic heterocycles. The van der Waals surface area contributed by atoms with Gasteiger partial charge in [0.15, 0.2) is 5.78 Å². The summed E-state index contributed by atoms with van der Waals surface area (Å²) in [5.74, 6) is 0.384. The molecular weight excluding hydrogens is 236 g/mol. The number of carbonyl (C=O) groups is 1. The van der Waals surface area contributed by atoms with Crippen LogP contribution in [-0.4, -0.2) is 17.0 Å². The van der Waals surface area contributed by atoms with E-state index in [0.29, 0.717) is 5.92 Å². The van der Waals surface area contributed by atoms with Gasteiger partial charge in [0, 0.05) is 12.0 Å². The molecule has 2 nitrogen and oxygen atoms in total. The van der Waals surface area contributed by atoms with Crippen LogP contribution in [0.1, 0.15) is 36.0 Å². The third-order valence-electron chi connectivity index (χ3n) is 4.18. The molecule has 0 aliphatic heterocycles. The van der Waals surface area contributed by atoms with Crippen molar-refractivity contribution in [1.82, 2.24) is 0 Å². The SMILES string of the molecule is O=C(CC(O)C1CCC1)c1cccc2ccccc12. The Balaban J connectivity index is 1.84. The number of Topliss-reactive ketones (excluding diaryl/α,β-unsaturated/α-hetero) is 1. The van der Waals surface area contributed by atoms with Crippen molar-refractivity contribution in [3.8, 4) is 0 Å². The number of aliphatic hydroxyl groups is 1. The minimum atomic E-state index is -0.472. The predicted molar refractivity (Wildman–Crippen MR) is 76.2 cm³/mol. The van der Waals surface area contributed by atoms with E-state index in [2.05, 4.69) is 0 Å². The van der Waals surface area contributed by atoms with Crippen molar-refractivity contribution in [2.75, 3.05) is 0 Å². The first-order valence-corrected chi connectivity index (χ1v) is 6.95. The number of carbonyl (C=O) groups excluding carboxylic acids is 1. The molecule has 0 bridgehead atoms. The van der Waals surface area contributed by atoms with Crippen LogP contribution in [0.15, 0.2) is 42.5 Å². The Kier molecular flexibility index (Phi) is 3.34. The van der Waals surface area contributed by atoms with Crippen molar-refractivity contribution in [3.05, 3.63) is 48.0 Å². The summed E-state index contributed by atoms with van der Waals surface area (Å²) in [6, 6.07) is 13.7. The molecular formula is C17H18O2. The normalized spacial score (nSPS) is 17.1. The zero-order chi connectivity index (χ0) is 13.2. The van der Waals surface area contributed by atoms with Crippen LogP contribution >= 0.6 is 0 Å². The van der Waals surface area contributed by atoms with Gasteiger partial charge in [-0.25, -0.2) is 0 Å². The lowest BCUT2D eigenvalue weighted by atomic mass is 9.79. The molecule has 1 aliphatic carbocycles. The molecule has 1 saturated carbocycles. The van der Waals surface area contributed by atoms with E-state index in [-0.39, 0.29) is 12.2 Å². The molecule has 1 N–H and O–H groups in total. The first-order valence-electron chi connectivity index (χ1n) is 6.95. The maximum absolute atomic E-state index is 12.4. The fourth-order valence-corrected chi connectivity index (χ4v) is 2.76. The largest absolute Gasteiger partial charge is 0.392 e. The summed E-state index contributed by atoms with van der Waals surface area (Å²) >= 11 is 0. The Morgan fingerprint density at radius 2 is 1.89 bits per heavy atom. The molecule has 0 radical (unpaired) electrons. The lowest BCUT2D eigenvalue weighted by Crippen LogP contribution is -2.28. The third kappa shape index (κ3) is 2.41. The molecule has 1 aliphatic rings. The van der Waals surface area contributed by atoms with Crippen LogP contribution in [0.5, 0.6) is 0 Å². The highest BCUT2D eigenvalue weighted by Crippen LogP contribution is 2.31. The molecule has 0 spiro atoms. The zero-order valence-corrected chi connectivity index (χ0v) is 10.9. The van der Waals surface area contributed by atoms with Gasteiger partial charge in [-0.3, -0.25) is 4.79 Å². The number of rotatable bonds is 4. The van der Waals surface area contributed by atoms with Gasteiger partial charge in [-0.1, -0.05) is 48.9 Å². The average molecular weight is 254 g/mol. The Hall–Kier alpha value is -1.67. The maximum Gasteiger partial charge on any atom is 0.166 e. The van der Waals surface area contributed by atoms with Crippen molar-refractivity contribution in [2.45, 2.75) is 31.8 Å². The van der Waals surface area contributed by atoms with Gasteiger partial charge in [-0.2, -0.15) is 0 Å². The molecule has 0 saturated heterocycles. The Labute approximate surface area is 113 Å². The Morgan fingerprint density at radius 3 is 2.63 bits per heavy atom. The molecule has 0 heterocycles. The van der Waals surface area contributed by atoms with Gasteiger partial charge in [-0.05, 0) is 29.5 Å². The molecule has 1 unspecified atom stereocenters. The molecule has 19 heavy (non-hydrogen) atoms. The second kappa shape index (κ2) is 5.14. The first kappa shape index (κ1) is 12.4. The quantitative estimate of drug-likeness (QED) is 0.847. The molecule has 2 aromatic rings. The fraction of sp³-hybridized carbons (Fsp3) is 0.353. The van der Waals surface area contributed by atoms with Crippen LogP contribution in [-0.2, 0) is 0 Å². The van der Waals surface area contributed by atoms with Gasteiger partial charge in [0.25, 0.3) is 0 Å². The highest BCUT2D eigenvalue weighted by Gasteiger charge is 2.27. The number of ketones is 1. The van der Waals surface area contributed by atoms with Gasteiger partial charge in [0.1, 0.15) is 0 Å². The van der Waals surface area contributed by atoms with E-state index in [1.807, 2.05) is 42.5 Å². The van der Waals surface area contributed by atoms with Crippen LogP contribution in [0, 0.1) is 5.92 Å². The number of benzene rings is 2. The second-order valence-electron chi connectivity index (χ2n) is 5.41. The summed E-state index contributed by atoms with van der Waals surface area (Å²) in [5.41, 5.74) is 0.733. The third-order valence-corrected chi connectivity index (χ3v) is 4.18. The van der Waals surface area contributed by atoms with Crippen LogP contribution in [0.3, 0.4) is 0 Å². The van der Waals surface area contributed by atoms with Crippen LogP contribution in [0.4, 0.5) is 0 Å². The number of aliphatic hydroxyl groups excluding tert-OH is 1. The molecule has 0 amide bonds. The molecule has 98 valence electrons. The standard InChI is InChI=1S/C17H18O2/c18-16(13-7-3-8-13)11-17(19)15-10-4-6-12-5-1-2-9-14(12)15/h1-2,4-6,9-10,13,16,18H,3,7-8,11H2. The topological polar surface area (TPSA) is 37.3 Å². The van der Waals surface area contributed by atoms with Crippen LogP contribution in [0.2, 0.25) is 0 Å². The summed E-state index contributed by atoms with van der Waals surface area (Å²) in [6.07, 6.45) is 3.08. The second-order valence-corrected chi connectivity index (χ2v) is 5.41. The monoisotopic (exact) mass is 254 g/mol. The van der Waals surface area contributed by atoms with E-state index < -0.39 is 6.10 Å². The summed E-state index contributed by atoms with van der Waals surface area (Å²) in [5, 5.41) is 12.1. The number of hydrogen-bond acceptors (Lipinski definition) is 2. The summed E-state index contributed by atoms with van der Waals surface area (Å²) in [7, 11) is 0. The predicted octanol–water partition coefficient (Wildman–Crippen LogP) is 3.57. The Morgan fingerprint density at radius 1 is 1.16 bits per heavy atom. The lowest BCUT2D eigenvalue weighted by molar-refractivity contribution is 0.0501. The van der Waals surface area contributed by atoms with Crippen LogP contribution < -0.4 is 0 Å². The van der Waals surface area contributed by atoms with E-state index in [1.54, 1.807) is 0 Å². The van der Waals surface area contributed by atoms with Gasteiger partial charge >= 0.3 is 0 Å². The minimum Gasteiger partial charge on any atom is -0.392 e. The highest BCUT2D eigenvalue weighted by molar-refractivity contribution is 6.08. The molecule has 2 heteroatoms. The van der Waals surface area contributed by atoms with Crippen molar-refractivity contribution < 1.29 is 9.90 Å². The van der Waals surface area contributed by atoms with Gasteiger partial charge < -0.3 is 5.11 Å². The molecule has 1 fully saturated rings. The smallest absolute Gasteiger partial charge is 0.166 e. The minimum absolute atomic E-state index is 0.0520. The van der Waals surface area contributed by atoms with Gasteiger partial charge in [0.2, 0.25) is 0 Å². The van der Waals surface area contributed by atoms with Crippen molar-refractivity contribution >= 4 is 16.6 Å². The van der Waals surface area contributed by atoms with Crippen molar-refractivity contribution in [3.63, 3.8) is 0 Å². The molecule has 3 rings (SSSR count). The van der Waals surface area contributed by atoms with E-state index >= 15 is 0 Å². The van der Waals surface area contributed by atoms with Gasteiger partial charge in [-0.15, -0.1) is 0 Å². The van der Waals surface area contributed by atoms with Gasteiger partial charge in [0.05, 0.1) is 6.10 Å². The lowest BCUT2D eigenvalue weighted by Gasteiger charge is -2.29. The summed E-state index contributed by atoms with van der Waals surface area (Å²) in [4.78, 5) is 12.4. The van der Waals surface area contributed by atoms with E-state index in [9.17, 15) is 9.90 Å². The fourth-order valence-electron chi connectivity index (χ4n) is 2.76. The Bertz CT molecular complexity index is 594. The van der Waals surface area contributed by atoms with E-state index in [0.717, 1.165) is 29.2 Å². The summed E-state index contributed by atoms with van der Waals surface area (Å²) in [6.45, 7) is 0. The van der Waals surface area contributed by atoms with E-state index in [1.165, 1.54) is 6.42 Å². The van der Waals surface area contributed by atoms with Crippen molar-refractivity contribution in [2.24, 2.45) is 5.92 Å². The number of fused-ring (bicyclic) bond motifs is 1. The zero-order valence-electron chi connectivity index (χ0n) is 10.9. The first-order chi connectivity index (χ1) is 9.25. The van der Waals surface area contributed by atoms with Crippen molar-refractivity contribution in [1.29, 1.82) is 0 Å². The molecule has 1 atom stereocenters.